The number of ketones is 1. The minimum atomic E-state index is -0.860. The molecule has 6 heteroatoms. The number of nitrogens with two attached hydrogens (primary N) is 1. The van der Waals surface area contributed by atoms with Crippen LogP contribution in [0.25, 0.3) is 22.3 Å². The van der Waals surface area contributed by atoms with Crippen molar-refractivity contribution in [2.75, 3.05) is 5.73 Å². The van der Waals surface area contributed by atoms with Crippen LogP contribution in [0.4, 0.5) is 5.69 Å². The fraction of sp³-hybridized carbons (Fsp3) is 0.345. The summed E-state index contributed by atoms with van der Waals surface area (Å²) in [5.41, 5.74) is 12.9. The zero-order chi connectivity index (χ0) is 25.1. The van der Waals surface area contributed by atoms with Crippen molar-refractivity contribution in [1.29, 1.82) is 0 Å². The molecule has 0 bridgehead atoms. The molecule has 1 fully saturated rings. The number of aromatic nitrogens is 1. The van der Waals surface area contributed by atoms with E-state index in [2.05, 4.69) is 4.98 Å². The fourth-order valence-electron chi connectivity index (χ4n) is 5.08. The fourth-order valence-corrected chi connectivity index (χ4v) is 5.25. The number of benzene rings is 2. The summed E-state index contributed by atoms with van der Waals surface area (Å²) in [5, 5.41) is 10.1. The first kappa shape index (κ1) is 24.9. The molecule has 35 heavy (non-hydrogen) atoms. The number of nitrogens with zero attached hydrogens (tertiary/aromatic N) is 1. The lowest BCUT2D eigenvalue weighted by atomic mass is 9.85. The van der Waals surface area contributed by atoms with E-state index in [0.717, 1.165) is 46.2 Å². The number of hydrogen-bond donors (Lipinski definition) is 2. The van der Waals surface area contributed by atoms with E-state index in [-0.39, 0.29) is 5.78 Å². The van der Waals surface area contributed by atoms with Crippen molar-refractivity contribution in [3.63, 3.8) is 0 Å². The molecule has 3 N–H and O–H groups in total. The van der Waals surface area contributed by atoms with Crippen molar-refractivity contribution in [3.05, 3.63) is 70.5 Å². The number of carbonyl (C=O) groups is 2. The Kier molecular flexibility index (Phi) is 7.56. The summed E-state index contributed by atoms with van der Waals surface area (Å²) in [6.07, 6.45) is 8.67. The van der Waals surface area contributed by atoms with E-state index in [1.54, 1.807) is 19.3 Å². The van der Waals surface area contributed by atoms with Crippen molar-refractivity contribution < 1.29 is 14.7 Å². The maximum absolute atomic E-state index is 13.3. The molecule has 1 aromatic heterocycles. The largest absolute Gasteiger partial charge is 0.481 e. The van der Waals surface area contributed by atoms with Gasteiger partial charge in [-0.1, -0.05) is 68.5 Å². The minimum absolute atomic E-state index is 0.0431. The lowest BCUT2D eigenvalue weighted by Gasteiger charge is -2.20. The van der Waals surface area contributed by atoms with Crippen LogP contribution >= 0.6 is 11.6 Å². The maximum atomic E-state index is 13.3. The second-order valence-electron chi connectivity index (χ2n) is 9.69. The molecule has 1 unspecified atom stereocenters. The lowest BCUT2D eigenvalue weighted by Crippen LogP contribution is -2.16. The van der Waals surface area contributed by atoms with E-state index >= 15 is 0 Å². The van der Waals surface area contributed by atoms with Crippen molar-refractivity contribution in [1.82, 2.24) is 4.98 Å². The first-order valence-electron chi connectivity index (χ1n) is 12.1. The number of nitrogen functional groups attached to an aromatic ring is 1. The summed E-state index contributed by atoms with van der Waals surface area (Å²) in [6, 6.07) is 11.6. The van der Waals surface area contributed by atoms with Gasteiger partial charge in [0.25, 0.3) is 0 Å². The third-order valence-corrected chi connectivity index (χ3v) is 7.35. The number of pyridine rings is 1. The van der Waals surface area contributed by atoms with Gasteiger partial charge in [-0.2, -0.15) is 0 Å². The van der Waals surface area contributed by atoms with E-state index in [1.807, 2.05) is 43.3 Å². The quantitative estimate of drug-likeness (QED) is 0.262. The van der Waals surface area contributed by atoms with Crippen LogP contribution in [-0.4, -0.2) is 21.8 Å². The van der Waals surface area contributed by atoms with Crippen LogP contribution < -0.4 is 5.73 Å². The molecule has 1 aliphatic carbocycles. The molecule has 0 amide bonds. The molecule has 2 aromatic carbocycles. The van der Waals surface area contributed by atoms with Gasteiger partial charge in [0.1, 0.15) is 0 Å². The standard InChI is InChI=1S/C29H31ClN2O3/c1-17(29(34)35)11-22-14-25(26(33)12-19-5-3-4-6-19)28(31)27(18(22)2)21-9-7-20(8-10-21)23-13-24(30)16-32-15-23/h7-10,13-17,19H,3-6,11-12,31H2,1-2H3,(H,34,35). The van der Waals surface area contributed by atoms with Crippen LogP contribution in [0.15, 0.2) is 48.8 Å². The summed E-state index contributed by atoms with van der Waals surface area (Å²) < 4.78 is 0. The lowest BCUT2D eigenvalue weighted by molar-refractivity contribution is -0.141. The number of halogens is 1. The number of carbonyl (C=O) groups excluding carboxylic acids is 1. The third-order valence-electron chi connectivity index (χ3n) is 7.14. The summed E-state index contributed by atoms with van der Waals surface area (Å²) in [5.74, 6) is -0.984. The summed E-state index contributed by atoms with van der Waals surface area (Å²) in [7, 11) is 0. The van der Waals surface area contributed by atoms with E-state index < -0.39 is 11.9 Å². The number of rotatable bonds is 8. The van der Waals surface area contributed by atoms with Crippen molar-refractivity contribution in [3.8, 4) is 22.3 Å². The highest BCUT2D eigenvalue weighted by Crippen LogP contribution is 2.38. The van der Waals surface area contributed by atoms with Gasteiger partial charge in [-0.15, -0.1) is 0 Å². The van der Waals surface area contributed by atoms with Crippen LogP contribution in [0.1, 0.15) is 60.5 Å². The van der Waals surface area contributed by atoms with E-state index in [9.17, 15) is 14.7 Å². The van der Waals surface area contributed by atoms with Crippen LogP contribution in [0.3, 0.4) is 0 Å². The molecule has 4 rings (SSSR count). The number of carboxylic acids is 1. The Labute approximate surface area is 211 Å². The molecule has 5 nitrogen and oxygen atoms in total. The average Bonchev–Trinajstić information content (AvgIpc) is 3.34. The Hall–Kier alpha value is -3.18. The predicted molar refractivity (Wildman–Crippen MR) is 141 cm³/mol. The first-order valence-corrected chi connectivity index (χ1v) is 12.5. The first-order chi connectivity index (χ1) is 16.7. The Balaban J connectivity index is 1.76. The van der Waals surface area contributed by atoms with Crippen LogP contribution in [0.2, 0.25) is 5.02 Å². The normalized spacial score (nSPS) is 14.7. The molecular formula is C29H31ClN2O3. The number of Topliss-reactive ketones (excluding diaryl/α,β-unsaturated/α-hetero) is 1. The SMILES string of the molecule is Cc1c(CC(C)C(=O)O)cc(C(=O)CC2CCCC2)c(N)c1-c1ccc(-c2cncc(Cl)c2)cc1. The zero-order valence-corrected chi connectivity index (χ0v) is 20.9. The second kappa shape index (κ2) is 10.6. The average molecular weight is 491 g/mol. The molecule has 0 radical (unpaired) electrons. The smallest absolute Gasteiger partial charge is 0.306 e. The number of aliphatic carboxylic acids is 1. The van der Waals surface area contributed by atoms with Gasteiger partial charge in [0, 0.05) is 35.5 Å². The monoisotopic (exact) mass is 490 g/mol. The van der Waals surface area contributed by atoms with Gasteiger partial charge >= 0.3 is 5.97 Å². The molecule has 1 aliphatic rings. The Morgan fingerprint density at radius 1 is 1.09 bits per heavy atom. The van der Waals surface area contributed by atoms with Gasteiger partial charge in [0.15, 0.2) is 5.78 Å². The molecule has 1 atom stereocenters. The predicted octanol–water partition coefficient (Wildman–Crippen LogP) is 6.99. The molecule has 1 saturated carbocycles. The van der Waals surface area contributed by atoms with Crippen LogP contribution in [-0.2, 0) is 11.2 Å². The topological polar surface area (TPSA) is 93.3 Å². The maximum Gasteiger partial charge on any atom is 0.306 e. The van der Waals surface area contributed by atoms with Gasteiger partial charge in [-0.3, -0.25) is 14.6 Å². The Bertz CT molecular complexity index is 1250. The molecule has 3 aromatic rings. The van der Waals surface area contributed by atoms with E-state index in [1.165, 1.54) is 12.8 Å². The second-order valence-corrected chi connectivity index (χ2v) is 10.1. The highest BCUT2D eigenvalue weighted by Gasteiger charge is 2.25. The number of carboxylic acid groups (broad SMARTS) is 1. The van der Waals surface area contributed by atoms with Crippen LogP contribution in [0, 0.1) is 18.8 Å². The molecule has 0 saturated heterocycles. The summed E-state index contributed by atoms with van der Waals surface area (Å²) in [4.78, 5) is 29.1. The third kappa shape index (κ3) is 5.57. The number of anilines is 1. The van der Waals surface area contributed by atoms with E-state index in [0.29, 0.717) is 35.0 Å². The highest BCUT2D eigenvalue weighted by molar-refractivity contribution is 6.30. The van der Waals surface area contributed by atoms with Crippen molar-refractivity contribution in [2.45, 2.75) is 52.4 Å². The Morgan fingerprint density at radius 2 is 1.74 bits per heavy atom. The van der Waals surface area contributed by atoms with Crippen LogP contribution in [0.5, 0.6) is 0 Å². The molecule has 1 heterocycles. The highest BCUT2D eigenvalue weighted by atomic mass is 35.5. The molecular weight excluding hydrogens is 460 g/mol. The van der Waals surface area contributed by atoms with Crippen molar-refractivity contribution >= 4 is 29.0 Å². The summed E-state index contributed by atoms with van der Waals surface area (Å²) >= 11 is 6.10. The zero-order valence-electron chi connectivity index (χ0n) is 20.2. The van der Waals surface area contributed by atoms with Gasteiger partial charge in [0.2, 0.25) is 0 Å². The molecule has 0 aliphatic heterocycles. The Morgan fingerprint density at radius 3 is 2.37 bits per heavy atom. The number of hydrogen-bond acceptors (Lipinski definition) is 4. The molecule has 0 spiro atoms. The minimum Gasteiger partial charge on any atom is -0.481 e. The van der Waals surface area contributed by atoms with E-state index in [4.69, 9.17) is 17.3 Å². The van der Waals surface area contributed by atoms with Gasteiger partial charge in [0.05, 0.1) is 16.6 Å². The van der Waals surface area contributed by atoms with Gasteiger partial charge in [-0.05, 0) is 53.6 Å². The van der Waals surface area contributed by atoms with Crippen molar-refractivity contribution in [2.24, 2.45) is 11.8 Å². The van der Waals surface area contributed by atoms with Gasteiger partial charge in [-0.25, -0.2) is 0 Å². The van der Waals surface area contributed by atoms with Gasteiger partial charge < -0.3 is 10.8 Å². The molecule has 182 valence electrons. The summed E-state index contributed by atoms with van der Waals surface area (Å²) in [6.45, 7) is 3.64.